The van der Waals surface area contributed by atoms with Gasteiger partial charge in [-0.05, 0) is 0 Å². The summed E-state index contributed by atoms with van der Waals surface area (Å²) in [5.41, 5.74) is 0. The molecular formula is C30H24Cl2GeHf-2. The number of hydrogen-bond acceptors (Lipinski definition) is 0. The van der Waals surface area contributed by atoms with Crippen LogP contribution in [0.2, 0.25) is 0 Å². The number of halogens is 2. The van der Waals surface area contributed by atoms with Crippen LogP contribution in [0, 0.1) is 0 Å². The van der Waals surface area contributed by atoms with Gasteiger partial charge in [-0.3, -0.25) is 0 Å². The first-order valence-corrected chi connectivity index (χ1v) is 32.5. The molecule has 0 saturated carbocycles. The Morgan fingerprint density at radius 3 is 1.24 bits per heavy atom. The third-order valence-corrected chi connectivity index (χ3v) is 43.9. The Morgan fingerprint density at radius 2 is 0.853 bits per heavy atom. The summed E-state index contributed by atoms with van der Waals surface area (Å²) in [6.07, 6.45) is 0. The van der Waals surface area contributed by atoms with E-state index in [-0.39, 0.29) is 0 Å². The van der Waals surface area contributed by atoms with E-state index in [9.17, 15) is 0 Å². The Hall–Kier alpha value is -1.91. The van der Waals surface area contributed by atoms with Gasteiger partial charge in [0.15, 0.2) is 0 Å². The van der Waals surface area contributed by atoms with Crippen LogP contribution >= 0.6 is 17.2 Å². The average molecular weight is 707 g/mol. The second-order valence-corrected chi connectivity index (χ2v) is 50.1. The summed E-state index contributed by atoms with van der Waals surface area (Å²) in [4.78, 5) is 0. The van der Waals surface area contributed by atoms with Crippen LogP contribution in [0.25, 0.3) is 21.5 Å². The van der Waals surface area contributed by atoms with Crippen LogP contribution in [0.4, 0.5) is 0 Å². The first-order chi connectivity index (χ1) is 16.7. The first kappa shape index (κ1) is 25.2. The van der Waals surface area contributed by atoms with E-state index < -0.39 is 26.0 Å². The SMILES string of the molecule is [Cl][Hf]([Cl])=[Ge]([c]1ccccc1)[c]1ccccc1.c1ccc2[cH-]ccc2c1.c1ccc2[cH-]ccc2c1. The molecular weight excluding hydrogens is 682 g/mol. The van der Waals surface area contributed by atoms with Gasteiger partial charge in [0.25, 0.3) is 0 Å². The topological polar surface area (TPSA) is 0 Å². The second kappa shape index (κ2) is 13.3. The quantitative estimate of drug-likeness (QED) is 0.127. The molecule has 0 aliphatic rings. The zero-order valence-electron chi connectivity index (χ0n) is 18.6. The van der Waals surface area contributed by atoms with E-state index >= 15 is 0 Å². The molecule has 34 heavy (non-hydrogen) atoms. The van der Waals surface area contributed by atoms with Crippen molar-refractivity contribution >= 4 is 57.5 Å². The van der Waals surface area contributed by atoms with E-state index in [1.54, 1.807) is 0 Å². The predicted molar refractivity (Wildman–Crippen MR) is 149 cm³/mol. The van der Waals surface area contributed by atoms with Crippen molar-refractivity contribution in [2.45, 2.75) is 0 Å². The normalized spacial score (nSPS) is 10.1. The summed E-state index contributed by atoms with van der Waals surface area (Å²) in [5.74, 6) is 0. The van der Waals surface area contributed by atoms with Gasteiger partial charge < -0.3 is 0 Å². The minimum absolute atomic E-state index is 1.33. The molecule has 0 nitrogen and oxygen atoms in total. The van der Waals surface area contributed by atoms with Crippen molar-refractivity contribution in [1.82, 2.24) is 0 Å². The Bertz CT molecular complexity index is 1300. The predicted octanol–water partition coefficient (Wildman–Crippen LogP) is 7.84. The molecule has 0 atom stereocenters. The second-order valence-electron chi connectivity index (χ2n) is 7.68. The molecule has 6 aromatic rings. The molecule has 0 bridgehead atoms. The van der Waals surface area contributed by atoms with Gasteiger partial charge in [0.05, 0.1) is 0 Å². The van der Waals surface area contributed by atoms with Crippen LogP contribution in [0.5, 0.6) is 0 Å². The molecule has 0 aliphatic carbocycles. The Balaban J connectivity index is 0.000000129. The smallest absolute Gasteiger partial charge is 0.0809 e. The Kier molecular flexibility index (Phi) is 9.82. The fourth-order valence-corrected chi connectivity index (χ4v) is 40.5. The summed E-state index contributed by atoms with van der Waals surface area (Å²) in [7, 11) is 11.1. The van der Waals surface area contributed by atoms with Gasteiger partial charge in [-0.15, -0.1) is 59.3 Å². The van der Waals surface area contributed by atoms with Crippen LogP contribution in [0.3, 0.4) is 0 Å². The Labute approximate surface area is 217 Å². The molecule has 168 valence electrons. The van der Waals surface area contributed by atoms with E-state index in [1.165, 1.54) is 30.3 Å². The first-order valence-electron chi connectivity index (χ1n) is 11.1. The van der Waals surface area contributed by atoms with Gasteiger partial charge in [0, 0.05) is 0 Å². The molecule has 0 spiro atoms. The molecule has 0 N–H and O–H groups in total. The van der Waals surface area contributed by atoms with Crippen molar-refractivity contribution in [1.29, 1.82) is 0 Å². The maximum atomic E-state index is 6.37. The van der Waals surface area contributed by atoms with E-state index in [1.807, 2.05) is 12.1 Å². The standard InChI is InChI=1S/C12H10Ge.2C9H7.2ClH.Hf/c1-3-7-11(8-4-1)13-12-9-5-2-6-10-12;2*1-2-5-9-7-3-6-8(9)4-1;;;/h1-10H;2*1-7H;2*1H;/q;2*-1;;;+2/p-2. The molecule has 0 aromatic heterocycles. The van der Waals surface area contributed by atoms with E-state index in [4.69, 9.17) is 17.2 Å². The number of rotatable bonds is 2. The van der Waals surface area contributed by atoms with Crippen molar-refractivity contribution in [3.63, 3.8) is 0 Å². The van der Waals surface area contributed by atoms with Gasteiger partial charge >= 0.3 is 113 Å². The van der Waals surface area contributed by atoms with Crippen molar-refractivity contribution in [3.05, 3.63) is 146 Å². The summed E-state index contributed by atoms with van der Waals surface area (Å²) in [6.45, 7) is 0. The zero-order valence-corrected chi connectivity index (χ0v) is 25.8. The van der Waals surface area contributed by atoms with Crippen molar-refractivity contribution < 1.29 is 16.0 Å². The molecule has 0 heterocycles. The summed E-state index contributed by atoms with van der Waals surface area (Å²) in [5, 5.41) is 5.32. The summed E-state index contributed by atoms with van der Waals surface area (Å²) < 4.78 is 2.81. The largest absolute Gasteiger partial charge is 0.168 e. The zero-order chi connectivity index (χ0) is 23.6. The van der Waals surface area contributed by atoms with E-state index in [2.05, 4.69) is 133 Å². The van der Waals surface area contributed by atoms with Crippen molar-refractivity contribution in [3.8, 4) is 0 Å². The van der Waals surface area contributed by atoms with E-state index in [0.717, 1.165) is 0 Å². The number of benzene rings is 4. The fourth-order valence-electron chi connectivity index (χ4n) is 3.73. The molecule has 0 saturated heterocycles. The molecule has 4 heteroatoms. The maximum absolute atomic E-state index is 6.37. The van der Waals surface area contributed by atoms with Crippen LogP contribution in [-0.4, -0.2) is 10.1 Å². The van der Waals surface area contributed by atoms with Gasteiger partial charge in [-0.2, -0.15) is 35.0 Å². The van der Waals surface area contributed by atoms with E-state index in [0.29, 0.717) is 0 Å². The average Bonchev–Trinajstić information content (AvgIpc) is 3.56. The molecule has 0 fully saturated rings. The Morgan fingerprint density at radius 1 is 0.471 bits per heavy atom. The van der Waals surface area contributed by atoms with Crippen LogP contribution in [0.15, 0.2) is 146 Å². The molecule has 0 amide bonds. The fraction of sp³-hybridized carbons (Fsp3) is 0. The van der Waals surface area contributed by atoms with Crippen LogP contribution < -0.4 is 8.79 Å². The number of fused-ring (bicyclic) bond motifs is 2. The van der Waals surface area contributed by atoms with Gasteiger partial charge in [-0.25, -0.2) is 0 Å². The molecule has 6 aromatic carbocycles. The molecule has 0 radical (unpaired) electrons. The van der Waals surface area contributed by atoms with Gasteiger partial charge in [0.1, 0.15) is 0 Å². The molecule has 6 rings (SSSR count). The monoisotopic (exact) mass is 708 g/mol. The summed E-state index contributed by atoms with van der Waals surface area (Å²) >= 11 is -2.35. The molecule has 0 unspecified atom stereocenters. The van der Waals surface area contributed by atoms with Gasteiger partial charge in [0.2, 0.25) is 0 Å². The van der Waals surface area contributed by atoms with Crippen LogP contribution in [0.1, 0.15) is 0 Å². The van der Waals surface area contributed by atoms with Crippen LogP contribution in [-0.2, 0) is 16.0 Å². The minimum Gasteiger partial charge on any atom is -0.168 e. The van der Waals surface area contributed by atoms with Crippen molar-refractivity contribution in [2.24, 2.45) is 0 Å². The summed E-state index contributed by atoms with van der Waals surface area (Å²) in [6, 6.07) is 50.4. The maximum Gasteiger partial charge on any atom is -0.0809 e. The molecule has 0 aliphatic heterocycles. The van der Waals surface area contributed by atoms with Gasteiger partial charge in [-0.1, -0.05) is 12.1 Å². The third kappa shape index (κ3) is 7.05. The van der Waals surface area contributed by atoms with Crippen molar-refractivity contribution in [2.75, 3.05) is 0 Å². The third-order valence-electron chi connectivity index (χ3n) is 5.41. The minimum atomic E-state index is -2.35. The number of hydrogen-bond donors (Lipinski definition) is 0.